The second kappa shape index (κ2) is 6.55. The van der Waals surface area contributed by atoms with Crippen molar-refractivity contribution in [3.8, 4) is 11.4 Å². The van der Waals surface area contributed by atoms with Crippen LogP contribution in [-0.2, 0) is 16.6 Å². The van der Waals surface area contributed by atoms with Crippen molar-refractivity contribution in [2.45, 2.75) is 38.3 Å². The second-order valence-corrected chi connectivity index (χ2v) is 6.92. The van der Waals surface area contributed by atoms with Crippen molar-refractivity contribution in [3.63, 3.8) is 0 Å². The lowest BCUT2D eigenvalue weighted by Gasteiger charge is -2.33. The van der Waals surface area contributed by atoms with Crippen molar-refractivity contribution in [1.82, 2.24) is 19.7 Å². The van der Waals surface area contributed by atoms with Gasteiger partial charge in [-0.25, -0.2) is 14.5 Å². The number of amides is 1. The van der Waals surface area contributed by atoms with Gasteiger partial charge in [-0.2, -0.15) is 5.10 Å². The summed E-state index contributed by atoms with van der Waals surface area (Å²) in [4.78, 5) is 31.5. The first-order valence-corrected chi connectivity index (χ1v) is 9.04. The molecule has 2 aliphatic rings. The maximum Gasteiger partial charge on any atom is 0.329 e. The van der Waals surface area contributed by atoms with Crippen molar-refractivity contribution in [2.75, 3.05) is 6.61 Å². The van der Waals surface area contributed by atoms with Crippen LogP contribution in [0.2, 0.25) is 0 Å². The van der Waals surface area contributed by atoms with Gasteiger partial charge in [-0.1, -0.05) is 12.1 Å². The summed E-state index contributed by atoms with van der Waals surface area (Å²) in [5, 5.41) is 4.07. The van der Waals surface area contributed by atoms with Crippen LogP contribution in [0.25, 0.3) is 11.4 Å². The molecule has 1 aromatic carbocycles. The summed E-state index contributed by atoms with van der Waals surface area (Å²) in [6.45, 7) is 2.13. The van der Waals surface area contributed by atoms with Crippen LogP contribution < -0.4 is 0 Å². The van der Waals surface area contributed by atoms with Gasteiger partial charge in [-0.15, -0.1) is 0 Å². The lowest BCUT2D eigenvalue weighted by atomic mass is 9.98. The molecule has 0 spiro atoms. The molecule has 0 unspecified atom stereocenters. The first-order valence-electron chi connectivity index (χ1n) is 9.04. The number of fused-ring (bicyclic) bond motifs is 2. The number of rotatable bonds is 4. The van der Waals surface area contributed by atoms with E-state index in [1.807, 2.05) is 19.2 Å². The Hall–Kier alpha value is -2.70. The third-order valence-corrected chi connectivity index (χ3v) is 5.45. The number of esters is 1. The summed E-state index contributed by atoms with van der Waals surface area (Å²) in [6.07, 6.45) is 4.35. The maximum atomic E-state index is 13.1. The van der Waals surface area contributed by atoms with Crippen LogP contribution in [0.1, 0.15) is 36.5 Å². The molecule has 3 atom stereocenters. The molecule has 2 bridgehead atoms. The lowest BCUT2D eigenvalue weighted by Crippen LogP contribution is -2.49. The van der Waals surface area contributed by atoms with E-state index in [9.17, 15) is 9.59 Å². The van der Waals surface area contributed by atoms with Crippen molar-refractivity contribution in [2.24, 2.45) is 13.0 Å². The van der Waals surface area contributed by atoms with Gasteiger partial charge >= 0.3 is 5.97 Å². The molecule has 4 rings (SSSR count). The Labute approximate surface area is 152 Å². The van der Waals surface area contributed by atoms with Gasteiger partial charge in [-0.3, -0.25) is 4.79 Å². The average Bonchev–Trinajstić information content (AvgIpc) is 3.37. The summed E-state index contributed by atoms with van der Waals surface area (Å²) < 4.78 is 6.91. The number of carbonyl (C=O) groups excluding carboxylic acids is 2. The Kier molecular flexibility index (Phi) is 4.22. The number of aromatic nitrogens is 3. The highest BCUT2D eigenvalue weighted by atomic mass is 16.5. The standard InChI is InChI=1S/C19H22N4O3/c1-3-26-19(25)16-14-8-9-15(10-14)23(16)18(24)13-6-4-12(5-7-13)17-20-11-21-22(17)2/h4-7,11,14-16H,3,8-10H2,1-2H3/t14-,15+,16-/m0/s1. The fourth-order valence-corrected chi connectivity index (χ4v) is 4.28. The number of benzene rings is 1. The average molecular weight is 354 g/mol. The van der Waals surface area contributed by atoms with Crippen LogP contribution >= 0.6 is 0 Å². The molecule has 2 fully saturated rings. The van der Waals surface area contributed by atoms with Gasteiger partial charge in [0.25, 0.3) is 5.91 Å². The number of carbonyl (C=O) groups is 2. The number of ether oxygens (including phenoxy) is 1. The summed E-state index contributed by atoms with van der Waals surface area (Å²) in [7, 11) is 1.83. The molecule has 1 saturated carbocycles. The fraction of sp³-hybridized carbons (Fsp3) is 0.474. The van der Waals surface area contributed by atoms with Crippen LogP contribution in [0.4, 0.5) is 0 Å². The molecule has 1 amide bonds. The number of piperidine rings is 1. The van der Waals surface area contributed by atoms with Crippen LogP contribution in [-0.4, -0.2) is 50.2 Å². The molecule has 2 heterocycles. The van der Waals surface area contributed by atoms with E-state index in [4.69, 9.17) is 4.74 Å². The van der Waals surface area contributed by atoms with E-state index in [0.717, 1.165) is 30.7 Å². The van der Waals surface area contributed by atoms with Crippen LogP contribution in [0.5, 0.6) is 0 Å². The zero-order valence-corrected chi connectivity index (χ0v) is 15.0. The van der Waals surface area contributed by atoms with E-state index < -0.39 is 6.04 Å². The molecule has 0 N–H and O–H groups in total. The third kappa shape index (κ3) is 2.67. The van der Waals surface area contributed by atoms with Gasteiger partial charge in [0.15, 0.2) is 5.82 Å². The quantitative estimate of drug-likeness (QED) is 0.785. The molecule has 1 aliphatic carbocycles. The minimum atomic E-state index is -0.445. The number of nitrogens with zero attached hydrogens (tertiary/aromatic N) is 4. The zero-order chi connectivity index (χ0) is 18.3. The minimum Gasteiger partial charge on any atom is -0.464 e. The zero-order valence-electron chi connectivity index (χ0n) is 15.0. The molecule has 26 heavy (non-hydrogen) atoms. The van der Waals surface area contributed by atoms with E-state index in [2.05, 4.69) is 10.1 Å². The van der Waals surface area contributed by atoms with Gasteiger partial charge in [0.05, 0.1) is 6.61 Å². The van der Waals surface area contributed by atoms with Crippen molar-refractivity contribution < 1.29 is 14.3 Å². The largest absolute Gasteiger partial charge is 0.464 e. The van der Waals surface area contributed by atoms with Crippen LogP contribution in [0.3, 0.4) is 0 Å². The summed E-state index contributed by atoms with van der Waals surface area (Å²) in [5.41, 5.74) is 1.48. The predicted molar refractivity (Wildman–Crippen MR) is 94.2 cm³/mol. The molecule has 0 radical (unpaired) electrons. The lowest BCUT2D eigenvalue weighted by molar-refractivity contribution is -0.150. The van der Waals surface area contributed by atoms with Gasteiger partial charge in [-0.05, 0) is 44.2 Å². The van der Waals surface area contributed by atoms with E-state index in [1.54, 1.807) is 28.6 Å². The third-order valence-electron chi connectivity index (χ3n) is 5.45. The molecule has 1 aliphatic heterocycles. The van der Waals surface area contributed by atoms with E-state index in [1.165, 1.54) is 6.33 Å². The summed E-state index contributed by atoms with van der Waals surface area (Å²) in [5.74, 6) is 0.595. The predicted octanol–water partition coefficient (Wildman–Crippen LogP) is 2.04. The number of hydrogen-bond donors (Lipinski definition) is 0. The topological polar surface area (TPSA) is 77.3 Å². The number of aryl methyl sites for hydroxylation is 1. The molecule has 1 saturated heterocycles. The van der Waals surface area contributed by atoms with Gasteiger partial charge in [0.1, 0.15) is 12.4 Å². The van der Waals surface area contributed by atoms with Gasteiger partial charge < -0.3 is 9.64 Å². The molecular weight excluding hydrogens is 332 g/mol. The molecule has 2 aromatic rings. The molecule has 1 aromatic heterocycles. The fourth-order valence-electron chi connectivity index (χ4n) is 4.28. The Bertz CT molecular complexity index is 830. The van der Waals surface area contributed by atoms with Crippen LogP contribution in [0, 0.1) is 5.92 Å². The highest BCUT2D eigenvalue weighted by Gasteiger charge is 2.52. The molecule has 136 valence electrons. The molecular formula is C19H22N4O3. The van der Waals surface area contributed by atoms with E-state index in [-0.39, 0.29) is 23.8 Å². The number of hydrogen-bond acceptors (Lipinski definition) is 5. The Morgan fingerprint density at radius 2 is 2.00 bits per heavy atom. The van der Waals surface area contributed by atoms with Gasteiger partial charge in [0.2, 0.25) is 0 Å². The highest BCUT2D eigenvalue weighted by Crippen LogP contribution is 2.43. The van der Waals surface area contributed by atoms with Crippen molar-refractivity contribution in [3.05, 3.63) is 36.2 Å². The maximum absolute atomic E-state index is 13.1. The van der Waals surface area contributed by atoms with Crippen molar-refractivity contribution >= 4 is 11.9 Å². The molecule has 7 heteroatoms. The second-order valence-electron chi connectivity index (χ2n) is 6.92. The Morgan fingerprint density at radius 3 is 2.65 bits per heavy atom. The van der Waals surface area contributed by atoms with E-state index >= 15 is 0 Å². The van der Waals surface area contributed by atoms with Crippen LogP contribution in [0.15, 0.2) is 30.6 Å². The summed E-state index contributed by atoms with van der Waals surface area (Å²) >= 11 is 0. The van der Waals surface area contributed by atoms with E-state index in [0.29, 0.717) is 12.2 Å². The first-order chi connectivity index (χ1) is 12.6. The first kappa shape index (κ1) is 16.8. The Balaban J connectivity index is 1.58. The summed E-state index contributed by atoms with van der Waals surface area (Å²) in [6, 6.07) is 7.01. The minimum absolute atomic E-state index is 0.0974. The highest BCUT2D eigenvalue weighted by molar-refractivity contribution is 5.98. The molecule has 7 nitrogen and oxygen atoms in total. The number of likely N-dealkylation sites (tertiary alicyclic amines) is 1. The monoisotopic (exact) mass is 354 g/mol. The van der Waals surface area contributed by atoms with Gasteiger partial charge in [0, 0.05) is 24.2 Å². The Morgan fingerprint density at radius 1 is 1.23 bits per heavy atom. The van der Waals surface area contributed by atoms with Crippen molar-refractivity contribution in [1.29, 1.82) is 0 Å². The normalized spacial score (nSPS) is 24.1. The smallest absolute Gasteiger partial charge is 0.329 e. The SMILES string of the molecule is CCOC(=O)[C@@H]1[C@H]2CC[C@H](C2)N1C(=O)c1ccc(-c2ncnn2C)cc1.